The molecule has 0 amide bonds. The van der Waals surface area contributed by atoms with Gasteiger partial charge >= 0.3 is 17.9 Å². The molecule has 0 aliphatic carbocycles. The van der Waals surface area contributed by atoms with Gasteiger partial charge in [-0.1, -0.05) is 207 Å². The highest BCUT2D eigenvalue weighted by Gasteiger charge is 2.19. The molecule has 0 spiro atoms. The fraction of sp³-hybridized carbons (Fsp3) is 0.933. The van der Waals surface area contributed by atoms with Gasteiger partial charge in [-0.25, -0.2) is 0 Å². The third-order valence-electron chi connectivity index (χ3n) is 10.4. The van der Waals surface area contributed by atoms with E-state index in [0.29, 0.717) is 19.3 Å². The fourth-order valence-electron chi connectivity index (χ4n) is 6.59. The standard InChI is InChI=1S/C45H86O6/c1-5-8-10-12-14-16-21-26-30-34-38-45(48)51-42(39-49-43(46)36-32-28-24-19-15-13-11-9-6-2)40-50-44(47)37-33-29-25-22-18-17-20-23-27-31-35-41(4)7-3/h41-42H,5-40H2,1-4H3/t41?,42-/m1/s1. The average Bonchev–Trinajstić information content (AvgIpc) is 3.13. The van der Waals surface area contributed by atoms with E-state index in [0.717, 1.165) is 63.7 Å². The molecule has 0 aromatic heterocycles. The molecule has 51 heavy (non-hydrogen) atoms. The summed E-state index contributed by atoms with van der Waals surface area (Å²) in [7, 11) is 0. The van der Waals surface area contributed by atoms with Crippen LogP contribution in [0, 0.1) is 5.92 Å². The van der Waals surface area contributed by atoms with Crippen LogP contribution in [-0.2, 0) is 28.6 Å². The second kappa shape index (κ2) is 39.6. The molecule has 0 aromatic rings. The lowest BCUT2D eigenvalue weighted by atomic mass is 9.99. The Kier molecular flexibility index (Phi) is 38.4. The van der Waals surface area contributed by atoms with Gasteiger partial charge < -0.3 is 14.2 Å². The summed E-state index contributed by atoms with van der Waals surface area (Å²) in [5, 5.41) is 0. The molecule has 2 atom stereocenters. The van der Waals surface area contributed by atoms with Crippen molar-refractivity contribution in [2.45, 2.75) is 252 Å². The topological polar surface area (TPSA) is 78.9 Å². The fourth-order valence-corrected chi connectivity index (χ4v) is 6.59. The summed E-state index contributed by atoms with van der Waals surface area (Å²) in [6, 6.07) is 0. The van der Waals surface area contributed by atoms with Crippen molar-refractivity contribution in [2.24, 2.45) is 5.92 Å². The molecule has 0 aromatic carbocycles. The normalized spacial score (nSPS) is 12.5. The molecule has 6 heteroatoms. The molecule has 6 nitrogen and oxygen atoms in total. The summed E-state index contributed by atoms with van der Waals surface area (Å²) < 4.78 is 16.7. The van der Waals surface area contributed by atoms with Gasteiger partial charge in [-0.3, -0.25) is 14.4 Å². The van der Waals surface area contributed by atoms with Gasteiger partial charge in [0.25, 0.3) is 0 Å². The number of hydrogen-bond donors (Lipinski definition) is 0. The van der Waals surface area contributed by atoms with Gasteiger partial charge in [-0.05, 0) is 25.2 Å². The van der Waals surface area contributed by atoms with E-state index in [1.807, 2.05) is 0 Å². The monoisotopic (exact) mass is 723 g/mol. The quantitative estimate of drug-likeness (QED) is 0.0356. The molecule has 0 rings (SSSR count). The Balaban J connectivity index is 4.30. The largest absolute Gasteiger partial charge is 0.462 e. The molecule has 1 unspecified atom stereocenters. The highest BCUT2D eigenvalue weighted by atomic mass is 16.6. The highest BCUT2D eigenvalue weighted by Crippen LogP contribution is 2.17. The van der Waals surface area contributed by atoms with Gasteiger partial charge in [-0.15, -0.1) is 0 Å². The summed E-state index contributed by atoms with van der Waals surface area (Å²) in [4.78, 5) is 37.6. The Bertz CT molecular complexity index is 768. The molecule has 0 saturated heterocycles. The second-order valence-electron chi connectivity index (χ2n) is 15.6. The minimum Gasteiger partial charge on any atom is -0.462 e. The molecule has 0 heterocycles. The SMILES string of the molecule is CCCCCCCCCCCCC(=O)O[C@H](COC(=O)CCCCCCCCCCC)COC(=O)CCCCCCCCCCCCC(C)CC. The van der Waals surface area contributed by atoms with Gasteiger partial charge in [0.2, 0.25) is 0 Å². The first-order chi connectivity index (χ1) is 24.9. The van der Waals surface area contributed by atoms with Crippen molar-refractivity contribution in [3.8, 4) is 0 Å². The number of rotatable bonds is 40. The predicted molar refractivity (Wildman–Crippen MR) is 215 cm³/mol. The van der Waals surface area contributed by atoms with Crippen molar-refractivity contribution in [1.29, 1.82) is 0 Å². The van der Waals surface area contributed by atoms with Crippen LogP contribution in [0.5, 0.6) is 0 Å². The Morgan fingerprint density at radius 2 is 0.686 bits per heavy atom. The molecule has 0 radical (unpaired) electrons. The zero-order valence-electron chi connectivity index (χ0n) is 34.6. The first-order valence-electron chi connectivity index (χ1n) is 22.4. The van der Waals surface area contributed by atoms with E-state index in [9.17, 15) is 14.4 Å². The zero-order chi connectivity index (χ0) is 37.5. The van der Waals surface area contributed by atoms with E-state index in [-0.39, 0.29) is 31.1 Å². The summed E-state index contributed by atoms with van der Waals surface area (Å²) in [6.07, 6.45) is 37.9. The molecular weight excluding hydrogens is 636 g/mol. The molecule has 0 aliphatic heterocycles. The average molecular weight is 723 g/mol. The maximum atomic E-state index is 12.7. The minimum atomic E-state index is -0.758. The van der Waals surface area contributed by atoms with E-state index in [4.69, 9.17) is 14.2 Å². The van der Waals surface area contributed by atoms with Crippen molar-refractivity contribution < 1.29 is 28.6 Å². The van der Waals surface area contributed by atoms with E-state index >= 15 is 0 Å². The third-order valence-corrected chi connectivity index (χ3v) is 10.4. The molecule has 302 valence electrons. The van der Waals surface area contributed by atoms with Gasteiger partial charge in [0, 0.05) is 19.3 Å². The van der Waals surface area contributed by atoms with Crippen LogP contribution < -0.4 is 0 Å². The predicted octanol–water partition coefficient (Wildman–Crippen LogP) is 13.9. The molecule has 0 bridgehead atoms. The molecule has 0 saturated carbocycles. The van der Waals surface area contributed by atoms with Crippen molar-refractivity contribution in [3.63, 3.8) is 0 Å². The zero-order valence-corrected chi connectivity index (χ0v) is 34.6. The van der Waals surface area contributed by atoms with E-state index in [2.05, 4.69) is 27.7 Å². The van der Waals surface area contributed by atoms with Gasteiger partial charge in [0.1, 0.15) is 13.2 Å². The smallest absolute Gasteiger partial charge is 0.306 e. The van der Waals surface area contributed by atoms with Crippen molar-refractivity contribution in [3.05, 3.63) is 0 Å². The van der Waals surface area contributed by atoms with Crippen LogP contribution >= 0.6 is 0 Å². The maximum absolute atomic E-state index is 12.7. The number of carbonyl (C=O) groups excluding carboxylic acids is 3. The third kappa shape index (κ3) is 38.0. The summed E-state index contributed by atoms with van der Waals surface area (Å²) in [5.41, 5.74) is 0. The number of unbranched alkanes of at least 4 members (excludes halogenated alkanes) is 26. The van der Waals surface area contributed by atoms with E-state index in [1.54, 1.807) is 0 Å². The number of carbonyl (C=O) groups is 3. The lowest BCUT2D eigenvalue weighted by Gasteiger charge is -2.18. The van der Waals surface area contributed by atoms with Crippen LogP contribution in [0.25, 0.3) is 0 Å². The number of esters is 3. The lowest BCUT2D eigenvalue weighted by Crippen LogP contribution is -2.30. The van der Waals surface area contributed by atoms with E-state index < -0.39 is 6.10 Å². The lowest BCUT2D eigenvalue weighted by molar-refractivity contribution is -0.167. The van der Waals surface area contributed by atoms with Crippen molar-refractivity contribution >= 4 is 17.9 Å². The number of hydrogen-bond acceptors (Lipinski definition) is 6. The Morgan fingerprint density at radius 1 is 0.392 bits per heavy atom. The van der Waals surface area contributed by atoms with Crippen LogP contribution in [0.2, 0.25) is 0 Å². The van der Waals surface area contributed by atoms with Crippen LogP contribution in [0.1, 0.15) is 246 Å². The van der Waals surface area contributed by atoms with Crippen LogP contribution in [-0.4, -0.2) is 37.2 Å². The summed E-state index contributed by atoms with van der Waals surface area (Å²) >= 11 is 0. The van der Waals surface area contributed by atoms with Crippen molar-refractivity contribution in [1.82, 2.24) is 0 Å². The maximum Gasteiger partial charge on any atom is 0.306 e. The van der Waals surface area contributed by atoms with Crippen LogP contribution in [0.3, 0.4) is 0 Å². The Morgan fingerprint density at radius 3 is 1.02 bits per heavy atom. The van der Waals surface area contributed by atoms with Crippen molar-refractivity contribution in [2.75, 3.05) is 13.2 Å². The summed E-state index contributed by atoms with van der Waals surface area (Å²) in [6.45, 7) is 8.99. The Labute approximate surface area is 317 Å². The minimum absolute atomic E-state index is 0.0642. The first-order valence-corrected chi connectivity index (χ1v) is 22.4. The molecule has 0 aliphatic rings. The molecular formula is C45H86O6. The Hall–Kier alpha value is -1.59. The second-order valence-corrected chi connectivity index (χ2v) is 15.6. The van der Waals surface area contributed by atoms with Crippen LogP contribution in [0.15, 0.2) is 0 Å². The van der Waals surface area contributed by atoms with Crippen LogP contribution in [0.4, 0.5) is 0 Å². The highest BCUT2D eigenvalue weighted by molar-refractivity contribution is 5.71. The van der Waals surface area contributed by atoms with Gasteiger partial charge in [0.05, 0.1) is 0 Å². The van der Waals surface area contributed by atoms with E-state index in [1.165, 1.54) is 141 Å². The summed E-state index contributed by atoms with van der Waals surface area (Å²) in [5.74, 6) is 0.0107. The van der Waals surface area contributed by atoms with Gasteiger partial charge in [-0.2, -0.15) is 0 Å². The first kappa shape index (κ1) is 49.4. The number of ether oxygens (including phenoxy) is 3. The van der Waals surface area contributed by atoms with Gasteiger partial charge in [0.15, 0.2) is 6.10 Å². The molecule has 0 fully saturated rings. The molecule has 0 N–H and O–H groups in total.